The van der Waals surface area contributed by atoms with Crippen LogP contribution < -0.4 is 10.5 Å². The maximum atomic E-state index is 13.9. The van der Waals surface area contributed by atoms with Crippen molar-refractivity contribution in [2.24, 2.45) is 17.1 Å². The maximum absolute atomic E-state index is 13.9. The van der Waals surface area contributed by atoms with Gasteiger partial charge in [0.15, 0.2) is 0 Å². The van der Waals surface area contributed by atoms with Crippen molar-refractivity contribution < 1.29 is 9.13 Å². The molecule has 0 aliphatic carbocycles. The van der Waals surface area contributed by atoms with Gasteiger partial charge in [0.1, 0.15) is 11.6 Å². The maximum Gasteiger partial charge on any atom is 0.131 e. The molecule has 0 spiro atoms. The number of methoxy groups -OCH3 is 1. The van der Waals surface area contributed by atoms with Crippen LogP contribution in [0.25, 0.3) is 0 Å². The minimum Gasteiger partial charge on any atom is -0.497 e. The molecule has 2 atom stereocenters. The average Bonchev–Trinajstić information content (AvgIpc) is 2.27. The summed E-state index contributed by atoms with van der Waals surface area (Å²) in [5, 5.41) is 0. The molecule has 1 rings (SSSR count). The van der Waals surface area contributed by atoms with E-state index < -0.39 is 0 Å². The summed E-state index contributed by atoms with van der Waals surface area (Å²) in [5.74, 6) is 0.657. The van der Waals surface area contributed by atoms with Crippen LogP contribution in [0.5, 0.6) is 5.75 Å². The Kier molecular flexibility index (Phi) is 4.74. The highest BCUT2D eigenvalue weighted by molar-refractivity contribution is 5.30. The van der Waals surface area contributed by atoms with Gasteiger partial charge in [0.2, 0.25) is 0 Å². The van der Waals surface area contributed by atoms with Crippen LogP contribution >= 0.6 is 0 Å². The number of hydrogen-bond acceptors (Lipinski definition) is 2. The number of rotatable bonds is 4. The lowest BCUT2D eigenvalue weighted by atomic mass is 9.78. The summed E-state index contributed by atoms with van der Waals surface area (Å²) in [6.45, 7) is 8.68. The van der Waals surface area contributed by atoms with E-state index in [1.54, 1.807) is 12.1 Å². The fraction of sp³-hybridized carbons (Fsp3) is 0.600. The van der Waals surface area contributed by atoms with Crippen molar-refractivity contribution in [1.29, 1.82) is 0 Å². The van der Waals surface area contributed by atoms with Crippen molar-refractivity contribution in [2.45, 2.75) is 40.2 Å². The zero-order valence-electron chi connectivity index (χ0n) is 12.0. The summed E-state index contributed by atoms with van der Waals surface area (Å²) < 4.78 is 18.9. The first-order valence-electron chi connectivity index (χ1n) is 6.34. The molecule has 1 aromatic rings. The molecule has 0 fully saturated rings. The van der Waals surface area contributed by atoms with Gasteiger partial charge >= 0.3 is 0 Å². The first-order valence-corrected chi connectivity index (χ1v) is 6.34. The topological polar surface area (TPSA) is 35.2 Å². The van der Waals surface area contributed by atoms with Crippen molar-refractivity contribution >= 4 is 0 Å². The Morgan fingerprint density at radius 2 is 1.94 bits per heavy atom. The van der Waals surface area contributed by atoms with E-state index in [1.807, 2.05) is 0 Å². The lowest BCUT2D eigenvalue weighted by Gasteiger charge is -2.29. The third kappa shape index (κ3) is 3.70. The number of halogens is 1. The molecule has 0 saturated heterocycles. The van der Waals surface area contributed by atoms with E-state index >= 15 is 0 Å². The highest BCUT2D eigenvalue weighted by Crippen LogP contribution is 2.33. The van der Waals surface area contributed by atoms with Crippen LogP contribution in [0, 0.1) is 17.2 Å². The average molecular weight is 253 g/mol. The smallest absolute Gasteiger partial charge is 0.131 e. The molecule has 0 radical (unpaired) electrons. The van der Waals surface area contributed by atoms with Crippen LogP contribution in [0.15, 0.2) is 18.2 Å². The van der Waals surface area contributed by atoms with Gasteiger partial charge in [-0.3, -0.25) is 0 Å². The normalized spacial score (nSPS) is 15.3. The minimum absolute atomic E-state index is 0.181. The molecular formula is C15H24FNO. The molecule has 0 aromatic heterocycles. The van der Waals surface area contributed by atoms with Gasteiger partial charge < -0.3 is 10.5 Å². The second-order valence-corrected chi connectivity index (χ2v) is 6.00. The van der Waals surface area contributed by atoms with Gasteiger partial charge in [0, 0.05) is 17.7 Å². The molecular weight excluding hydrogens is 229 g/mol. The predicted octanol–water partition coefficient (Wildman–Crippen LogP) is 3.91. The monoisotopic (exact) mass is 253 g/mol. The molecule has 0 saturated carbocycles. The van der Waals surface area contributed by atoms with Crippen LogP contribution in [0.2, 0.25) is 0 Å². The molecule has 0 amide bonds. The Hall–Kier alpha value is -1.09. The molecule has 2 unspecified atom stereocenters. The Labute approximate surface area is 109 Å². The number of nitrogens with two attached hydrogens (primary N) is 1. The summed E-state index contributed by atoms with van der Waals surface area (Å²) in [7, 11) is 1.52. The van der Waals surface area contributed by atoms with Crippen LogP contribution in [0.4, 0.5) is 4.39 Å². The van der Waals surface area contributed by atoms with E-state index in [0.29, 0.717) is 17.2 Å². The van der Waals surface area contributed by atoms with Crippen molar-refractivity contribution in [3.63, 3.8) is 0 Å². The lowest BCUT2D eigenvalue weighted by molar-refractivity contribution is 0.232. The van der Waals surface area contributed by atoms with Crippen LogP contribution in [-0.4, -0.2) is 7.11 Å². The number of benzene rings is 1. The van der Waals surface area contributed by atoms with Crippen molar-refractivity contribution in [3.8, 4) is 5.75 Å². The summed E-state index contributed by atoms with van der Waals surface area (Å²) >= 11 is 0. The summed E-state index contributed by atoms with van der Waals surface area (Å²) in [6.07, 6.45) is 0.771. The van der Waals surface area contributed by atoms with Gasteiger partial charge in [-0.25, -0.2) is 4.39 Å². The molecule has 0 aliphatic rings. The lowest BCUT2D eigenvalue weighted by Crippen LogP contribution is -2.23. The van der Waals surface area contributed by atoms with Gasteiger partial charge in [-0.2, -0.15) is 0 Å². The summed E-state index contributed by atoms with van der Waals surface area (Å²) in [5.41, 5.74) is 6.85. The van der Waals surface area contributed by atoms with Crippen LogP contribution in [-0.2, 0) is 0 Å². The van der Waals surface area contributed by atoms with E-state index in [-0.39, 0.29) is 17.3 Å². The molecule has 3 heteroatoms. The fourth-order valence-electron chi connectivity index (χ4n) is 1.80. The van der Waals surface area contributed by atoms with Crippen molar-refractivity contribution in [1.82, 2.24) is 0 Å². The predicted molar refractivity (Wildman–Crippen MR) is 73.1 cm³/mol. The largest absolute Gasteiger partial charge is 0.497 e. The Morgan fingerprint density at radius 3 is 2.39 bits per heavy atom. The minimum atomic E-state index is -0.289. The summed E-state index contributed by atoms with van der Waals surface area (Å²) in [4.78, 5) is 0. The summed E-state index contributed by atoms with van der Waals surface area (Å²) in [6, 6.07) is 4.58. The van der Waals surface area contributed by atoms with E-state index in [0.717, 1.165) is 6.42 Å². The highest BCUT2D eigenvalue weighted by atomic mass is 19.1. The molecule has 0 heterocycles. The standard InChI is InChI=1S/C15H24FNO/c1-10(15(2,3)4)8-14(17)12-7-6-11(18-5)9-13(12)16/h6-7,9-10,14H,8,17H2,1-5H3. The Morgan fingerprint density at radius 1 is 1.33 bits per heavy atom. The van der Waals surface area contributed by atoms with E-state index in [1.165, 1.54) is 13.2 Å². The van der Waals surface area contributed by atoms with Gasteiger partial charge in [0.25, 0.3) is 0 Å². The van der Waals surface area contributed by atoms with Crippen molar-refractivity contribution in [3.05, 3.63) is 29.6 Å². The van der Waals surface area contributed by atoms with E-state index in [4.69, 9.17) is 10.5 Å². The second kappa shape index (κ2) is 5.70. The molecule has 2 N–H and O–H groups in total. The van der Waals surface area contributed by atoms with E-state index in [2.05, 4.69) is 27.7 Å². The zero-order chi connectivity index (χ0) is 13.9. The molecule has 18 heavy (non-hydrogen) atoms. The fourth-order valence-corrected chi connectivity index (χ4v) is 1.80. The molecule has 0 aliphatic heterocycles. The van der Waals surface area contributed by atoms with Crippen LogP contribution in [0.3, 0.4) is 0 Å². The van der Waals surface area contributed by atoms with Gasteiger partial charge in [-0.15, -0.1) is 0 Å². The van der Waals surface area contributed by atoms with Crippen LogP contribution in [0.1, 0.15) is 45.7 Å². The van der Waals surface area contributed by atoms with Gasteiger partial charge in [-0.05, 0) is 23.8 Å². The SMILES string of the molecule is COc1ccc(C(N)CC(C)C(C)(C)C)c(F)c1. The van der Waals surface area contributed by atoms with Crippen molar-refractivity contribution in [2.75, 3.05) is 7.11 Å². The Balaban J connectivity index is 2.81. The molecule has 0 bridgehead atoms. The third-order valence-corrected chi connectivity index (χ3v) is 3.69. The third-order valence-electron chi connectivity index (χ3n) is 3.69. The number of hydrogen-bond donors (Lipinski definition) is 1. The first-order chi connectivity index (χ1) is 8.25. The number of ether oxygens (including phenoxy) is 1. The highest BCUT2D eigenvalue weighted by Gasteiger charge is 2.24. The van der Waals surface area contributed by atoms with Gasteiger partial charge in [0.05, 0.1) is 7.11 Å². The quantitative estimate of drug-likeness (QED) is 0.883. The second-order valence-electron chi connectivity index (χ2n) is 6.00. The zero-order valence-corrected chi connectivity index (χ0v) is 12.0. The molecule has 102 valence electrons. The van der Waals surface area contributed by atoms with E-state index in [9.17, 15) is 4.39 Å². The van der Waals surface area contributed by atoms with Gasteiger partial charge in [-0.1, -0.05) is 33.8 Å². The Bertz CT molecular complexity index is 398. The molecule has 2 nitrogen and oxygen atoms in total. The first kappa shape index (κ1) is 15.0. The molecule has 1 aromatic carbocycles.